The molecule has 2 atom stereocenters. The van der Waals surface area contributed by atoms with Crippen LogP contribution < -0.4 is 4.90 Å². The van der Waals surface area contributed by atoms with E-state index in [4.69, 9.17) is 0 Å². The topological polar surface area (TPSA) is 23.5 Å². The first-order valence-corrected chi connectivity index (χ1v) is 6.65. The number of rotatable bonds is 5. The van der Waals surface area contributed by atoms with Crippen molar-refractivity contribution in [2.24, 2.45) is 5.92 Å². The Labute approximate surface area is 104 Å². The number of hydrogen-bond donors (Lipinski definition) is 1. The lowest BCUT2D eigenvalue weighted by atomic mass is 10.0. The molecule has 0 saturated heterocycles. The van der Waals surface area contributed by atoms with Crippen molar-refractivity contribution in [3.63, 3.8) is 0 Å². The predicted octanol–water partition coefficient (Wildman–Crippen LogP) is 3.36. The Kier molecular flexibility index (Phi) is 3.72. The Balaban J connectivity index is 2.23. The van der Waals surface area contributed by atoms with Crippen molar-refractivity contribution in [2.75, 3.05) is 11.9 Å². The molecule has 1 aliphatic carbocycles. The maximum atomic E-state index is 10.1. The van der Waals surface area contributed by atoms with Gasteiger partial charge in [-0.25, -0.2) is 0 Å². The second-order valence-corrected chi connectivity index (χ2v) is 5.17. The van der Waals surface area contributed by atoms with E-state index in [1.165, 1.54) is 18.5 Å². The zero-order valence-corrected chi connectivity index (χ0v) is 11.1. The van der Waals surface area contributed by atoms with Crippen LogP contribution in [-0.2, 0) is 0 Å². The fraction of sp³-hybridized carbons (Fsp3) is 0.600. The van der Waals surface area contributed by atoms with Gasteiger partial charge in [0.15, 0.2) is 0 Å². The highest BCUT2D eigenvalue weighted by atomic mass is 16.3. The zero-order chi connectivity index (χ0) is 12.4. The van der Waals surface area contributed by atoms with Crippen LogP contribution in [0.5, 0.6) is 0 Å². The van der Waals surface area contributed by atoms with E-state index in [1.54, 1.807) is 0 Å². The predicted molar refractivity (Wildman–Crippen MR) is 72.3 cm³/mol. The van der Waals surface area contributed by atoms with Gasteiger partial charge in [0.05, 0.1) is 6.10 Å². The van der Waals surface area contributed by atoms with Gasteiger partial charge in [-0.15, -0.1) is 0 Å². The van der Waals surface area contributed by atoms with Crippen LogP contribution in [0.2, 0.25) is 0 Å². The van der Waals surface area contributed by atoms with Crippen molar-refractivity contribution in [3.05, 3.63) is 29.8 Å². The van der Waals surface area contributed by atoms with E-state index in [2.05, 4.69) is 31.0 Å². The summed E-state index contributed by atoms with van der Waals surface area (Å²) < 4.78 is 0. The molecule has 1 aromatic carbocycles. The second-order valence-electron chi connectivity index (χ2n) is 5.17. The highest BCUT2D eigenvalue weighted by molar-refractivity contribution is 5.55. The first-order chi connectivity index (χ1) is 8.15. The zero-order valence-electron chi connectivity index (χ0n) is 11.1. The molecule has 2 nitrogen and oxygen atoms in total. The van der Waals surface area contributed by atoms with Crippen molar-refractivity contribution in [3.8, 4) is 0 Å². The summed E-state index contributed by atoms with van der Waals surface area (Å²) in [6, 6.07) is 8.79. The van der Waals surface area contributed by atoms with Crippen molar-refractivity contribution >= 4 is 5.69 Å². The molecule has 0 radical (unpaired) electrons. The Morgan fingerprint density at radius 1 is 1.35 bits per heavy atom. The van der Waals surface area contributed by atoms with Gasteiger partial charge >= 0.3 is 0 Å². The van der Waals surface area contributed by atoms with Crippen LogP contribution in [0.1, 0.15) is 44.8 Å². The number of aliphatic hydroxyl groups is 1. The van der Waals surface area contributed by atoms with Gasteiger partial charge in [-0.1, -0.05) is 25.1 Å². The summed E-state index contributed by atoms with van der Waals surface area (Å²) in [6.45, 7) is 4.30. The minimum absolute atomic E-state index is 0.347. The van der Waals surface area contributed by atoms with Gasteiger partial charge in [0, 0.05) is 24.3 Å². The van der Waals surface area contributed by atoms with E-state index in [-0.39, 0.29) is 6.10 Å². The average molecular weight is 233 g/mol. The normalized spacial score (nSPS) is 18.8. The summed E-state index contributed by atoms with van der Waals surface area (Å²) >= 11 is 0. The molecule has 0 bridgehead atoms. The number of hydrogen-bond acceptors (Lipinski definition) is 2. The van der Waals surface area contributed by atoms with E-state index < -0.39 is 0 Å². The highest BCUT2D eigenvalue weighted by Gasteiger charge is 2.31. The molecule has 0 aromatic heterocycles. The quantitative estimate of drug-likeness (QED) is 0.843. The van der Waals surface area contributed by atoms with Crippen LogP contribution in [0.25, 0.3) is 0 Å². The SMILES string of the molecule is CC[C@@H](O)c1ccccc1N(C)C(C)C1CC1. The van der Waals surface area contributed by atoms with E-state index in [9.17, 15) is 5.11 Å². The molecule has 0 heterocycles. The van der Waals surface area contributed by atoms with Crippen molar-refractivity contribution in [2.45, 2.75) is 45.3 Å². The molecule has 1 saturated carbocycles. The molecule has 0 spiro atoms. The van der Waals surface area contributed by atoms with Gasteiger partial charge in [-0.3, -0.25) is 0 Å². The molecule has 1 aromatic rings. The van der Waals surface area contributed by atoms with Gasteiger partial charge < -0.3 is 10.0 Å². The van der Waals surface area contributed by atoms with Crippen LogP contribution >= 0.6 is 0 Å². The number of anilines is 1. The Morgan fingerprint density at radius 2 is 2.00 bits per heavy atom. The lowest BCUT2D eigenvalue weighted by Gasteiger charge is -2.30. The maximum absolute atomic E-state index is 10.1. The molecular weight excluding hydrogens is 210 g/mol. The number of nitrogens with zero attached hydrogens (tertiary/aromatic N) is 1. The fourth-order valence-corrected chi connectivity index (χ4v) is 2.42. The molecule has 2 rings (SSSR count). The molecule has 17 heavy (non-hydrogen) atoms. The minimum Gasteiger partial charge on any atom is -0.388 e. The van der Waals surface area contributed by atoms with E-state index in [1.807, 2.05) is 19.1 Å². The molecule has 1 aliphatic rings. The third kappa shape index (κ3) is 2.63. The molecule has 0 aliphatic heterocycles. The van der Waals surface area contributed by atoms with Gasteiger partial charge in [-0.05, 0) is 38.2 Å². The van der Waals surface area contributed by atoms with Gasteiger partial charge in [-0.2, -0.15) is 0 Å². The van der Waals surface area contributed by atoms with Crippen LogP contribution in [0.3, 0.4) is 0 Å². The monoisotopic (exact) mass is 233 g/mol. The molecule has 1 unspecified atom stereocenters. The summed E-state index contributed by atoms with van der Waals surface area (Å²) in [4.78, 5) is 2.33. The number of para-hydroxylation sites is 1. The van der Waals surface area contributed by atoms with Crippen LogP contribution in [0.15, 0.2) is 24.3 Å². The summed E-state index contributed by atoms with van der Waals surface area (Å²) in [5.41, 5.74) is 2.24. The van der Waals surface area contributed by atoms with Crippen molar-refractivity contribution in [1.82, 2.24) is 0 Å². The van der Waals surface area contributed by atoms with E-state index >= 15 is 0 Å². The van der Waals surface area contributed by atoms with Crippen LogP contribution in [-0.4, -0.2) is 18.2 Å². The first-order valence-electron chi connectivity index (χ1n) is 6.65. The third-order valence-corrected chi connectivity index (χ3v) is 3.98. The first kappa shape index (κ1) is 12.4. The van der Waals surface area contributed by atoms with Gasteiger partial charge in [0.2, 0.25) is 0 Å². The smallest absolute Gasteiger partial charge is 0.0807 e. The molecule has 94 valence electrons. The number of benzene rings is 1. The lowest BCUT2D eigenvalue weighted by molar-refractivity contribution is 0.174. The Morgan fingerprint density at radius 3 is 2.59 bits per heavy atom. The fourth-order valence-electron chi connectivity index (χ4n) is 2.42. The molecule has 1 N–H and O–H groups in total. The standard InChI is InChI=1S/C15H23NO/c1-4-15(17)13-7-5-6-8-14(13)16(3)11(2)12-9-10-12/h5-8,11-12,15,17H,4,9-10H2,1-3H3/t11?,15-/m1/s1. The van der Waals surface area contributed by atoms with Crippen molar-refractivity contribution in [1.29, 1.82) is 0 Å². The Bertz CT molecular complexity index is 373. The molecule has 0 amide bonds. The van der Waals surface area contributed by atoms with Gasteiger partial charge in [0.25, 0.3) is 0 Å². The van der Waals surface area contributed by atoms with Crippen molar-refractivity contribution < 1.29 is 5.11 Å². The number of aliphatic hydroxyl groups excluding tert-OH is 1. The average Bonchev–Trinajstić information content (AvgIpc) is 3.20. The minimum atomic E-state index is -0.347. The summed E-state index contributed by atoms with van der Waals surface area (Å²) in [5.74, 6) is 0.840. The molecular formula is C15H23NO. The van der Waals surface area contributed by atoms with E-state index in [0.717, 1.165) is 17.9 Å². The summed E-state index contributed by atoms with van der Waals surface area (Å²) in [5, 5.41) is 10.1. The summed E-state index contributed by atoms with van der Waals surface area (Å²) in [7, 11) is 2.14. The van der Waals surface area contributed by atoms with E-state index in [0.29, 0.717) is 6.04 Å². The molecule has 1 fully saturated rings. The third-order valence-electron chi connectivity index (χ3n) is 3.98. The maximum Gasteiger partial charge on any atom is 0.0807 e. The highest BCUT2D eigenvalue weighted by Crippen LogP contribution is 2.38. The van der Waals surface area contributed by atoms with Crippen LogP contribution in [0.4, 0.5) is 5.69 Å². The largest absolute Gasteiger partial charge is 0.388 e. The Hall–Kier alpha value is -1.02. The lowest BCUT2D eigenvalue weighted by Crippen LogP contribution is -2.31. The van der Waals surface area contributed by atoms with Gasteiger partial charge in [0.1, 0.15) is 0 Å². The molecule has 2 heteroatoms. The van der Waals surface area contributed by atoms with Crippen LogP contribution in [0, 0.1) is 5.92 Å². The second kappa shape index (κ2) is 5.09. The summed E-state index contributed by atoms with van der Waals surface area (Å²) in [6.07, 6.45) is 3.12.